The fourth-order valence-corrected chi connectivity index (χ4v) is 3.05. The normalized spacial score (nSPS) is 13.7. The minimum Gasteiger partial charge on any atom is -0.493 e. The van der Waals surface area contributed by atoms with Gasteiger partial charge in [-0.05, 0) is 6.92 Å². The fourth-order valence-electron chi connectivity index (χ4n) is 3.05. The van der Waals surface area contributed by atoms with Crippen LogP contribution in [0.3, 0.4) is 0 Å². The van der Waals surface area contributed by atoms with Crippen LogP contribution in [0.15, 0.2) is 12.3 Å². The van der Waals surface area contributed by atoms with Gasteiger partial charge < -0.3 is 15.2 Å². The molecule has 2 aromatic rings. The lowest BCUT2D eigenvalue weighted by atomic mass is 10.1. The van der Waals surface area contributed by atoms with Crippen molar-refractivity contribution in [2.24, 2.45) is 0 Å². The largest absolute Gasteiger partial charge is 0.493 e. The van der Waals surface area contributed by atoms with E-state index in [1.807, 2.05) is 0 Å². The molecule has 7 nitrogen and oxygen atoms in total. The molecule has 138 valence electrons. The van der Waals surface area contributed by atoms with Crippen LogP contribution in [0.4, 0.5) is 30.8 Å². The van der Waals surface area contributed by atoms with Crippen LogP contribution in [0.2, 0.25) is 0 Å². The molecule has 0 spiro atoms. The molecule has 0 radical (unpaired) electrons. The molecular formula is C17H18F2N4O3. The highest BCUT2D eigenvalue weighted by Crippen LogP contribution is 2.41. The van der Waals surface area contributed by atoms with Crippen molar-refractivity contribution >= 4 is 23.2 Å². The summed E-state index contributed by atoms with van der Waals surface area (Å²) >= 11 is 0. The van der Waals surface area contributed by atoms with E-state index in [9.17, 15) is 13.6 Å². The van der Waals surface area contributed by atoms with Gasteiger partial charge in [0.15, 0.2) is 23.1 Å². The summed E-state index contributed by atoms with van der Waals surface area (Å²) < 4.78 is 39.4. The van der Waals surface area contributed by atoms with Crippen molar-refractivity contribution in [2.45, 2.75) is 13.5 Å². The molecule has 2 heterocycles. The van der Waals surface area contributed by atoms with Gasteiger partial charge in [-0.15, -0.1) is 0 Å². The third kappa shape index (κ3) is 2.47. The number of pyridine rings is 1. The second kappa shape index (κ2) is 6.32. The Morgan fingerprint density at radius 3 is 2.27 bits per heavy atom. The average molecular weight is 364 g/mol. The number of nitrogen functional groups attached to an aromatic ring is 1. The van der Waals surface area contributed by atoms with E-state index in [1.54, 1.807) is 6.92 Å². The molecule has 1 aliphatic rings. The average Bonchev–Trinajstić information content (AvgIpc) is 2.62. The molecular weight excluding hydrogens is 346 g/mol. The van der Waals surface area contributed by atoms with Gasteiger partial charge in [0.2, 0.25) is 0 Å². The number of hydrogen-bond donors (Lipinski definition) is 1. The zero-order valence-corrected chi connectivity index (χ0v) is 14.8. The molecule has 1 aliphatic heterocycles. The van der Waals surface area contributed by atoms with Crippen molar-refractivity contribution in [3.05, 3.63) is 35.0 Å². The standard InChI is InChI=1S/C17H18F2N4O3/c1-8-14-9(6-21-16(8)20)7-23(17(24)22(14)2)15-12(18)10(25-3)5-11(26-4)13(15)19/h5-6H,7H2,1-4H3,(H2,20,21). The molecule has 2 N–H and O–H groups in total. The monoisotopic (exact) mass is 364 g/mol. The molecule has 26 heavy (non-hydrogen) atoms. The van der Waals surface area contributed by atoms with E-state index < -0.39 is 23.4 Å². The summed E-state index contributed by atoms with van der Waals surface area (Å²) in [7, 11) is 4.00. The number of ether oxygens (including phenoxy) is 2. The van der Waals surface area contributed by atoms with Gasteiger partial charge in [0.25, 0.3) is 0 Å². The Balaban J connectivity index is 2.20. The van der Waals surface area contributed by atoms with Gasteiger partial charge in [0, 0.05) is 30.4 Å². The molecule has 0 aliphatic carbocycles. The maximum Gasteiger partial charge on any atom is 0.329 e. The van der Waals surface area contributed by atoms with E-state index in [-0.39, 0.29) is 23.9 Å². The Bertz CT molecular complexity index is 876. The van der Waals surface area contributed by atoms with Crippen LogP contribution in [-0.2, 0) is 6.54 Å². The lowest BCUT2D eigenvalue weighted by molar-refractivity contribution is 0.250. The third-order valence-corrected chi connectivity index (χ3v) is 4.41. The lowest BCUT2D eigenvalue weighted by Crippen LogP contribution is -2.46. The van der Waals surface area contributed by atoms with Gasteiger partial charge in [-0.1, -0.05) is 0 Å². The van der Waals surface area contributed by atoms with Gasteiger partial charge in [-0.25, -0.2) is 18.6 Å². The summed E-state index contributed by atoms with van der Waals surface area (Å²) in [6.45, 7) is 1.66. The number of carbonyl (C=O) groups is 1. The van der Waals surface area contributed by atoms with Gasteiger partial charge in [0.05, 0.1) is 26.5 Å². The Morgan fingerprint density at radius 1 is 1.15 bits per heavy atom. The van der Waals surface area contributed by atoms with Crippen molar-refractivity contribution in [2.75, 3.05) is 36.8 Å². The highest BCUT2D eigenvalue weighted by molar-refractivity contribution is 6.07. The van der Waals surface area contributed by atoms with E-state index in [4.69, 9.17) is 15.2 Å². The van der Waals surface area contributed by atoms with Gasteiger partial charge in [0.1, 0.15) is 11.5 Å². The van der Waals surface area contributed by atoms with Crippen molar-refractivity contribution in [1.82, 2.24) is 4.98 Å². The number of hydrogen-bond acceptors (Lipinski definition) is 5. The number of carbonyl (C=O) groups excluding carboxylic acids is 1. The first-order chi connectivity index (χ1) is 12.3. The van der Waals surface area contributed by atoms with Crippen LogP contribution in [-0.4, -0.2) is 32.3 Å². The summed E-state index contributed by atoms with van der Waals surface area (Å²) in [5.74, 6) is -2.15. The number of halogens is 2. The molecule has 0 unspecified atom stereocenters. The molecule has 0 atom stereocenters. The Labute approximate surface area is 148 Å². The number of nitrogens with zero attached hydrogens (tertiary/aromatic N) is 3. The lowest BCUT2D eigenvalue weighted by Gasteiger charge is -2.36. The number of benzene rings is 1. The molecule has 0 saturated carbocycles. The molecule has 2 amide bonds. The van der Waals surface area contributed by atoms with Crippen molar-refractivity contribution in [3.63, 3.8) is 0 Å². The molecule has 1 aromatic carbocycles. The quantitative estimate of drug-likeness (QED) is 0.906. The second-order valence-corrected chi connectivity index (χ2v) is 5.83. The minimum atomic E-state index is -0.990. The fraction of sp³-hybridized carbons (Fsp3) is 0.294. The highest BCUT2D eigenvalue weighted by atomic mass is 19.1. The van der Waals surface area contributed by atoms with Crippen molar-refractivity contribution in [3.8, 4) is 11.5 Å². The van der Waals surface area contributed by atoms with Crippen molar-refractivity contribution in [1.29, 1.82) is 0 Å². The van der Waals surface area contributed by atoms with Crippen LogP contribution in [0.1, 0.15) is 11.1 Å². The molecule has 0 saturated heterocycles. The summed E-state index contributed by atoms with van der Waals surface area (Å²) in [4.78, 5) is 19.2. The van der Waals surface area contributed by atoms with Gasteiger partial charge in [-0.2, -0.15) is 0 Å². The second-order valence-electron chi connectivity index (χ2n) is 5.83. The third-order valence-electron chi connectivity index (χ3n) is 4.41. The number of rotatable bonds is 3. The van der Waals surface area contributed by atoms with E-state index in [1.165, 1.54) is 32.4 Å². The zero-order chi connectivity index (χ0) is 19.2. The van der Waals surface area contributed by atoms with Crippen molar-refractivity contribution < 1.29 is 23.0 Å². The number of anilines is 3. The van der Waals surface area contributed by atoms with Gasteiger partial charge >= 0.3 is 6.03 Å². The number of methoxy groups -OCH3 is 2. The molecule has 0 bridgehead atoms. The zero-order valence-electron chi connectivity index (χ0n) is 14.8. The maximum atomic E-state index is 14.8. The summed E-state index contributed by atoms with van der Waals surface area (Å²) in [6.07, 6.45) is 1.49. The number of amides is 2. The number of fused-ring (bicyclic) bond motifs is 1. The van der Waals surface area contributed by atoms with Crippen LogP contribution < -0.4 is 25.0 Å². The van der Waals surface area contributed by atoms with Crippen LogP contribution >= 0.6 is 0 Å². The molecule has 1 aromatic heterocycles. The van der Waals surface area contributed by atoms with Gasteiger partial charge in [-0.3, -0.25) is 9.80 Å². The maximum absolute atomic E-state index is 14.8. The first-order valence-corrected chi connectivity index (χ1v) is 7.70. The number of nitrogens with two attached hydrogens (primary N) is 1. The molecule has 3 rings (SSSR count). The first-order valence-electron chi connectivity index (χ1n) is 7.70. The van der Waals surface area contributed by atoms with E-state index >= 15 is 0 Å². The first kappa shape index (κ1) is 17.7. The van der Waals surface area contributed by atoms with Crippen LogP contribution in [0, 0.1) is 18.6 Å². The molecule has 9 heteroatoms. The van der Waals surface area contributed by atoms with Crippen LogP contribution in [0.5, 0.6) is 11.5 Å². The summed E-state index contributed by atoms with van der Waals surface area (Å²) in [5.41, 5.74) is 7.08. The number of aromatic nitrogens is 1. The Morgan fingerprint density at radius 2 is 1.73 bits per heavy atom. The SMILES string of the molecule is COc1cc(OC)c(F)c(N2Cc3cnc(N)c(C)c3N(C)C2=O)c1F. The predicted octanol–water partition coefficient (Wildman–Crippen LogP) is 2.84. The van der Waals surface area contributed by atoms with E-state index in [2.05, 4.69) is 4.98 Å². The highest BCUT2D eigenvalue weighted by Gasteiger charge is 2.36. The Kier molecular flexibility index (Phi) is 4.31. The number of urea groups is 1. The minimum absolute atomic E-state index is 0.0726. The molecule has 0 fully saturated rings. The van der Waals surface area contributed by atoms with Crippen LogP contribution in [0.25, 0.3) is 0 Å². The smallest absolute Gasteiger partial charge is 0.329 e. The summed E-state index contributed by atoms with van der Waals surface area (Å²) in [6, 6.07) is 0.478. The van der Waals surface area contributed by atoms with E-state index in [0.29, 0.717) is 16.8 Å². The Hall–Kier alpha value is -3.10. The predicted molar refractivity (Wildman–Crippen MR) is 92.8 cm³/mol. The van der Waals surface area contributed by atoms with E-state index in [0.717, 1.165) is 11.0 Å². The summed E-state index contributed by atoms with van der Waals surface area (Å²) in [5, 5.41) is 0. The topological polar surface area (TPSA) is 80.9 Å².